The predicted molar refractivity (Wildman–Crippen MR) is 92.1 cm³/mol. The van der Waals surface area contributed by atoms with Crippen LogP contribution in [0.25, 0.3) is 0 Å². The van der Waals surface area contributed by atoms with Gasteiger partial charge in [0.1, 0.15) is 17.7 Å². The van der Waals surface area contributed by atoms with Crippen LogP contribution in [-0.2, 0) is 4.74 Å². The van der Waals surface area contributed by atoms with E-state index in [-0.39, 0.29) is 17.6 Å². The summed E-state index contributed by atoms with van der Waals surface area (Å²) in [6, 6.07) is 4.59. The number of fused-ring (bicyclic) bond motifs is 1. The highest BCUT2D eigenvalue weighted by Gasteiger charge is 2.49. The zero-order valence-corrected chi connectivity index (χ0v) is 14.9. The summed E-state index contributed by atoms with van der Waals surface area (Å²) in [7, 11) is 0. The average molecular weight is 351 g/mol. The summed E-state index contributed by atoms with van der Waals surface area (Å²) < 4.78 is 33.4. The van der Waals surface area contributed by atoms with Gasteiger partial charge in [-0.05, 0) is 38.5 Å². The second-order valence-electron chi connectivity index (χ2n) is 8.05. The van der Waals surface area contributed by atoms with E-state index in [9.17, 15) is 8.78 Å². The second-order valence-corrected chi connectivity index (χ2v) is 8.05. The molecule has 4 rings (SSSR count). The number of halogens is 2. The standard InChI is InChI=1S/C19H27F2N3O/c1-11(2)23-7-12-8-24(18(12)9-23)14-6-17(22)19(25-10-14)15-5-13(20)3-4-16(15)21/h3-5,11-12,14,17-19H,6-10,22H2,1-2H3. The Morgan fingerprint density at radius 3 is 2.72 bits per heavy atom. The summed E-state index contributed by atoms with van der Waals surface area (Å²) in [5, 5.41) is 0. The molecule has 5 atom stereocenters. The summed E-state index contributed by atoms with van der Waals surface area (Å²) >= 11 is 0. The Hall–Kier alpha value is -1.08. The van der Waals surface area contributed by atoms with Crippen LogP contribution in [0.5, 0.6) is 0 Å². The van der Waals surface area contributed by atoms with E-state index >= 15 is 0 Å². The zero-order valence-electron chi connectivity index (χ0n) is 14.9. The lowest BCUT2D eigenvalue weighted by Crippen LogP contribution is -2.63. The lowest BCUT2D eigenvalue weighted by atomic mass is 9.86. The van der Waals surface area contributed by atoms with E-state index in [0.717, 1.165) is 37.6 Å². The maximum atomic E-state index is 14.0. The van der Waals surface area contributed by atoms with Crippen LogP contribution in [0.2, 0.25) is 0 Å². The predicted octanol–water partition coefficient (Wildman–Crippen LogP) is 2.15. The molecular formula is C19H27F2N3O. The molecule has 1 aromatic carbocycles. The summed E-state index contributed by atoms with van der Waals surface area (Å²) in [4.78, 5) is 5.04. The first kappa shape index (κ1) is 17.3. The second kappa shape index (κ2) is 6.58. The first-order valence-corrected chi connectivity index (χ1v) is 9.26. The molecule has 25 heavy (non-hydrogen) atoms. The minimum Gasteiger partial charge on any atom is -0.370 e. The molecule has 0 spiro atoms. The summed E-state index contributed by atoms with van der Waals surface area (Å²) in [6.45, 7) is 8.39. The Morgan fingerprint density at radius 1 is 1.20 bits per heavy atom. The van der Waals surface area contributed by atoms with Gasteiger partial charge in [-0.1, -0.05) is 0 Å². The Bertz CT molecular complexity index is 641. The molecule has 2 N–H and O–H groups in total. The molecule has 0 radical (unpaired) electrons. The first-order valence-electron chi connectivity index (χ1n) is 9.26. The quantitative estimate of drug-likeness (QED) is 0.906. The van der Waals surface area contributed by atoms with Crippen molar-refractivity contribution in [2.75, 3.05) is 26.2 Å². The Morgan fingerprint density at radius 2 is 2.00 bits per heavy atom. The van der Waals surface area contributed by atoms with Gasteiger partial charge in [0.25, 0.3) is 0 Å². The highest BCUT2D eigenvalue weighted by Crippen LogP contribution is 2.39. The van der Waals surface area contributed by atoms with Crippen LogP contribution >= 0.6 is 0 Å². The highest BCUT2D eigenvalue weighted by atomic mass is 19.1. The van der Waals surface area contributed by atoms with E-state index in [0.29, 0.717) is 18.7 Å². The fourth-order valence-corrected chi connectivity index (χ4v) is 4.68. The van der Waals surface area contributed by atoms with E-state index in [2.05, 4.69) is 23.6 Å². The molecular weight excluding hydrogens is 324 g/mol. The molecule has 0 aromatic heterocycles. The molecule has 3 fully saturated rings. The van der Waals surface area contributed by atoms with Gasteiger partial charge in [0.2, 0.25) is 0 Å². The van der Waals surface area contributed by atoms with E-state index in [1.807, 2.05) is 0 Å². The van der Waals surface area contributed by atoms with Gasteiger partial charge in [-0.25, -0.2) is 8.78 Å². The zero-order chi connectivity index (χ0) is 17.7. The smallest absolute Gasteiger partial charge is 0.129 e. The van der Waals surface area contributed by atoms with Gasteiger partial charge in [0, 0.05) is 55.3 Å². The van der Waals surface area contributed by atoms with Gasteiger partial charge in [0.15, 0.2) is 0 Å². The van der Waals surface area contributed by atoms with Crippen molar-refractivity contribution in [3.05, 3.63) is 35.4 Å². The molecule has 138 valence electrons. The number of nitrogens with zero attached hydrogens (tertiary/aromatic N) is 2. The van der Waals surface area contributed by atoms with Gasteiger partial charge < -0.3 is 10.5 Å². The van der Waals surface area contributed by atoms with E-state index in [1.54, 1.807) is 0 Å². The van der Waals surface area contributed by atoms with Gasteiger partial charge in [-0.15, -0.1) is 0 Å². The average Bonchev–Trinajstić information content (AvgIpc) is 2.88. The molecule has 3 heterocycles. The van der Waals surface area contributed by atoms with Crippen molar-refractivity contribution >= 4 is 0 Å². The normalized spacial score (nSPS) is 36.5. The fraction of sp³-hybridized carbons (Fsp3) is 0.684. The molecule has 6 heteroatoms. The SMILES string of the molecule is CC(C)N1CC2CN(C3COC(c4cc(F)ccc4F)C(N)C3)C2C1. The topological polar surface area (TPSA) is 41.7 Å². The third kappa shape index (κ3) is 3.10. The largest absolute Gasteiger partial charge is 0.370 e. The van der Waals surface area contributed by atoms with Crippen LogP contribution < -0.4 is 5.73 Å². The van der Waals surface area contributed by atoms with E-state index in [4.69, 9.17) is 10.5 Å². The van der Waals surface area contributed by atoms with Crippen molar-refractivity contribution in [3.8, 4) is 0 Å². The molecule has 3 aliphatic heterocycles. The van der Waals surface area contributed by atoms with Crippen molar-refractivity contribution in [2.24, 2.45) is 11.7 Å². The summed E-state index contributed by atoms with van der Waals surface area (Å²) in [6.07, 6.45) is 0.186. The molecule has 5 unspecified atom stereocenters. The number of benzene rings is 1. The third-order valence-corrected chi connectivity index (χ3v) is 6.17. The lowest BCUT2D eigenvalue weighted by molar-refractivity contribution is -0.0937. The molecule has 0 saturated carbocycles. The van der Waals surface area contributed by atoms with Crippen molar-refractivity contribution in [2.45, 2.75) is 50.5 Å². The van der Waals surface area contributed by atoms with Gasteiger partial charge >= 0.3 is 0 Å². The number of rotatable bonds is 3. The Labute approximate surface area is 147 Å². The van der Waals surface area contributed by atoms with Gasteiger partial charge in [0.05, 0.1) is 6.61 Å². The Kier molecular flexibility index (Phi) is 4.56. The molecule has 3 aliphatic rings. The van der Waals surface area contributed by atoms with Gasteiger partial charge in [-0.3, -0.25) is 9.80 Å². The molecule has 0 aliphatic carbocycles. The molecule has 0 bridgehead atoms. The van der Waals surface area contributed by atoms with Crippen molar-refractivity contribution in [1.29, 1.82) is 0 Å². The maximum absolute atomic E-state index is 14.0. The van der Waals surface area contributed by atoms with E-state index in [1.165, 1.54) is 12.6 Å². The number of likely N-dealkylation sites (tertiary alicyclic amines) is 2. The van der Waals surface area contributed by atoms with Crippen LogP contribution in [0.15, 0.2) is 18.2 Å². The number of hydrogen-bond acceptors (Lipinski definition) is 4. The third-order valence-electron chi connectivity index (χ3n) is 6.17. The number of nitrogens with two attached hydrogens (primary N) is 1. The van der Waals surface area contributed by atoms with Crippen LogP contribution in [0.4, 0.5) is 8.78 Å². The summed E-state index contributed by atoms with van der Waals surface area (Å²) in [5.74, 6) is -0.163. The summed E-state index contributed by atoms with van der Waals surface area (Å²) in [5.41, 5.74) is 6.53. The minimum absolute atomic E-state index is 0.235. The minimum atomic E-state index is -0.570. The van der Waals surface area contributed by atoms with Crippen molar-refractivity contribution in [1.82, 2.24) is 9.80 Å². The van der Waals surface area contributed by atoms with Gasteiger partial charge in [-0.2, -0.15) is 0 Å². The number of ether oxygens (including phenoxy) is 1. The van der Waals surface area contributed by atoms with Crippen molar-refractivity contribution < 1.29 is 13.5 Å². The highest BCUT2D eigenvalue weighted by molar-refractivity contribution is 5.23. The molecule has 3 saturated heterocycles. The molecule has 0 amide bonds. The van der Waals surface area contributed by atoms with Crippen LogP contribution in [0.1, 0.15) is 31.9 Å². The Balaban J connectivity index is 1.40. The van der Waals surface area contributed by atoms with Crippen LogP contribution in [-0.4, -0.2) is 60.2 Å². The van der Waals surface area contributed by atoms with Crippen LogP contribution in [0.3, 0.4) is 0 Å². The van der Waals surface area contributed by atoms with Crippen LogP contribution in [0, 0.1) is 17.6 Å². The van der Waals surface area contributed by atoms with Crippen molar-refractivity contribution in [3.63, 3.8) is 0 Å². The maximum Gasteiger partial charge on any atom is 0.129 e. The molecule has 1 aromatic rings. The molecule has 4 nitrogen and oxygen atoms in total. The first-order chi connectivity index (χ1) is 11.9. The van der Waals surface area contributed by atoms with E-state index < -0.39 is 17.7 Å². The fourth-order valence-electron chi connectivity index (χ4n) is 4.68. The monoisotopic (exact) mass is 351 g/mol. The lowest BCUT2D eigenvalue weighted by Gasteiger charge is -2.51. The number of hydrogen-bond donors (Lipinski definition) is 1.